The zero-order valence-electron chi connectivity index (χ0n) is 12.4. The smallest absolute Gasteiger partial charge is 0.249 e. The van der Waals surface area contributed by atoms with Crippen molar-refractivity contribution in [3.8, 4) is 0 Å². The number of rotatable bonds is 4. The Balaban J connectivity index is 2.07. The van der Waals surface area contributed by atoms with Gasteiger partial charge in [-0.2, -0.15) is 0 Å². The van der Waals surface area contributed by atoms with Gasteiger partial charge in [0.05, 0.1) is 17.4 Å². The highest BCUT2D eigenvalue weighted by atomic mass is 16.2. The van der Waals surface area contributed by atoms with E-state index in [9.17, 15) is 4.79 Å². The lowest BCUT2D eigenvalue weighted by molar-refractivity contribution is -0.119. The molecule has 2 N–H and O–H groups in total. The van der Waals surface area contributed by atoms with Gasteiger partial charge in [0, 0.05) is 0 Å². The molecule has 1 amide bonds. The van der Waals surface area contributed by atoms with Crippen molar-refractivity contribution >= 4 is 11.9 Å². The summed E-state index contributed by atoms with van der Waals surface area (Å²) in [5.41, 5.74) is 1.80. The predicted molar refractivity (Wildman–Crippen MR) is 77.4 cm³/mol. The molecule has 2 rings (SSSR count). The van der Waals surface area contributed by atoms with Crippen LogP contribution in [0.15, 0.2) is 0 Å². The number of aromatic nitrogens is 3. The molecule has 0 saturated carbocycles. The topological polar surface area (TPSA) is 79.8 Å². The molecule has 2 heterocycles. The predicted octanol–water partition coefficient (Wildman–Crippen LogP) is 1.32. The van der Waals surface area contributed by atoms with Crippen molar-refractivity contribution in [2.45, 2.75) is 52.5 Å². The second-order valence-corrected chi connectivity index (χ2v) is 5.28. The van der Waals surface area contributed by atoms with Gasteiger partial charge in [-0.25, -0.2) is 4.98 Å². The Morgan fingerprint density at radius 3 is 2.70 bits per heavy atom. The van der Waals surface area contributed by atoms with E-state index in [1.807, 2.05) is 13.8 Å². The first-order valence-corrected chi connectivity index (χ1v) is 7.42. The van der Waals surface area contributed by atoms with Crippen LogP contribution in [0.25, 0.3) is 0 Å². The highest BCUT2D eigenvalue weighted by Crippen LogP contribution is 2.16. The van der Waals surface area contributed by atoms with Gasteiger partial charge in [0.15, 0.2) is 0 Å². The minimum atomic E-state index is -0.164. The fourth-order valence-electron chi connectivity index (χ4n) is 2.58. The number of hydrogen-bond donors (Lipinski definition) is 2. The summed E-state index contributed by atoms with van der Waals surface area (Å²) < 4.78 is 0. The first kappa shape index (κ1) is 14.8. The zero-order chi connectivity index (χ0) is 14.5. The number of piperidine rings is 1. The van der Waals surface area contributed by atoms with E-state index in [-0.39, 0.29) is 11.9 Å². The SMILES string of the molecule is CCc1nnc(NC(=O)C2NCCCC2C)nc1CC. The Morgan fingerprint density at radius 1 is 1.30 bits per heavy atom. The quantitative estimate of drug-likeness (QED) is 0.867. The van der Waals surface area contributed by atoms with Crippen molar-refractivity contribution in [2.24, 2.45) is 5.92 Å². The third-order valence-corrected chi connectivity index (χ3v) is 3.80. The lowest BCUT2D eigenvalue weighted by Crippen LogP contribution is -2.48. The highest BCUT2D eigenvalue weighted by Gasteiger charge is 2.27. The Bertz CT molecular complexity index is 477. The molecule has 0 aromatic carbocycles. The lowest BCUT2D eigenvalue weighted by Gasteiger charge is -2.28. The molecule has 0 spiro atoms. The molecule has 2 atom stereocenters. The number of nitrogens with one attached hydrogen (secondary N) is 2. The molecule has 0 radical (unpaired) electrons. The van der Waals surface area contributed by atoms with E-state index in [2.05, 4.69) is 32.7 Å². The minimum Gasteiger partial charge on any atom is -0.306 e. The first-order valence-electron chi connectivity index (χ1n) is 7.42. The van der Waals surface area contributed by atoms with Gasteiger partial charge >= 0.3 is 0 Å². The summed E-state index contributed by atoms with van der Waals surface area (Å²) in [6.07, 6.45) is 3.78. The van der Waals surface area contributed by atoms with Crippen molar-refractivity contribution in [1.29, 1.82) is 0 Å². The number of carbonyl (C=O) groups is 1. The number of anilines is 1. The largest absolute Gasteiger partial charge is 0.306 e. The van der Waals surface area contributed by atoms with Gasteiger partial charge < -0.3 is 5.32 Å². The van der Waals surface area contributed by atoms with Crippen LogP contribution in [-0.4, -0.2) is 33.7 Å². The zero-order valence-corrected chi connectivity index (χ0v) is 12.4. The van der Waals surface area contributed by atoms with Crippen LogP contribution in [-0.2, 0) is 17.6 Å². The number of nitrogens with zero attached hydrogens (tertiary/aromatic N) is 3. The van der Waals surface area contributed by atoms with E-state index >= 15 is 0 Å². The Hall–Kier alpha value is -1.56. The molecule has 1 fully saturated rings. The number of aryl methyl sites for hydroxylation is 2. The van der Waals surface area contributed by atoms with Gasteiger partial charge in [-0.05, 0) is 38.1 Å². The van der Waals surface area contributed by atoms with E-state index in [0.717, 1.165) is 43.6 Å². The molecule has 110 valence electrons. The van der Waals surface area contributed by atoms with Gasteiger partial charge in [0.2, 0.25) is 11.9 Å². The molecule has 20 heavy (non-hydrogen) atoms. The summed E-state index contributed by atoms with van der Waals surface area (Å²) in [5, 5.41) is 14.2. The van der Waals surface area contributed by atoms with E-state index in [1.54, 1.807) is 0 Å². The molecule has 2 unspecified atom stereocenters. The third-order valence-electron chi connectivity index (χ3n) is 3.80. The van der Waals surface area contributed by atoms with Crippen LogP contribution in [0.3, 0.4) is 0 Å². The molecular weight excluding hydrogens is 254 g/mol. The molecule has 1 aromatic heterocycles. The van der Waals surface area contributed by atoms with Crippen LogP contribution < -0.4 is 10.6 Å². The van der Waals surface area contributed by atoms with E-state index < -0.39 is 0 Å². The molecule has 1 aliphatic rings. The average Bonchev–Trinajstić information content (AvgIpc) is 2.47. The maximum Gasteiger partial charge on any atom is 0.249 e. The van der Waals surface area contributed by atoms with E-state index in [4.69, 9.17) is 0 Å². The van der Waals surface area contributed by atoms with E-state index in [0.29, 0.717) is 11.9 Å². The molecule has 1 aliphatic heterocycles. The molecular formula is C14H23N5O. The Kier molecular flexibility index (Phi) is 5.00. The average molecular weight is 277 g/mol. The minimum absolute atomic E-state index is 0.0645. The molecule has 6 nitrogen and oxygen atoms in total. The summed E-state index contributed by atoms with van der Waals surface area (Å²) in [5.74, 6) is 0.575. The normalized spacial score (nSPS) is 22.6. The van der Waals surface area contributed by atoms with Gasteiger partial charge in [0.25, 0.3) is 0 Å². The van der Waals surface area contributed by atoms with Crippen LogP contribution in [0.1, 0.15) is 45.0 Å². The van der Waals surface area contributed by atoms with Gasteiger partial charge in [-0.1, -0.05) is 20.8 Å². The molecule has 0 aliphatic carbocycles. The number of amides is 1. The number of hydrogen-bond acceptors (Lipinski definition) is 5. The highest BCUT2D eigenvalue weighted by molar-refractivity contribution is 5.93. The van der Waals surface area contributed by atoms with Gasteiger partial charge in [-0.15, -0.1) is 10.2 Å². The summed E-state index contributed by atoms with van der Waals surface area (Å²) in [6, 6.07) is -0.164. The van der Waals surface area contributed by atoms with Gasteiger partial charge in [-0.3, -0.25) is 10.1 Å². The van der Waals surface area contributed by atoms with Crippen LogP contribution in [0.4, 0.5) is 5.95 Å². The summed E-state index contributed by atoms with van der Waals surface area (Å²) in [4.78, 5) is 16.6. The van der Waals surface area contributed by atoms with Crippen molar-refractivity contribution in [3.05, 3.63) is 11.4 Å². The van der Waals surface area contributed by atoms with Crippen LogP contribution in [0.5, 0.6) is 0 Å². The van der Waals surface area contributed by atoms with Crippen LogP contribution in [0, 0.1) is 5.92 Å². The van der Waals surface area contributed by atoms with Crippen molar-refractivity contribution in [2.75, 3.05) is 11.9 Å². The van der Waals surface area contributed by atoms with E-state index in [1.165, 1.54) is 0 Å². The number of carbonyl (C=O) groups excluding carboxylic acids is 1. The van der Waals surface area contributed by atoms with Crippen molar-refractivity contribution in [1.82, 2.24) is 20.5 Å². The Labute approximate surface area is 119 Å². The Morgan fingerprint density at radius 2 is 2.05 bits per heavy atom. The first-order chi connectivity index (χ1) is 9.65. The second-order valence-electron chi connectivity index (χ2n) is 5.28. The summed E-state index contributed by atoms with van der Waals surface area (Å²) in [7, 11) is 0. The molecule has 1 aromatic rings. The van der Waals surface area contributed by atoms with Crippen LogP contribution >= 0.6 is 0 Å². The van der Waals surface area contributed by atoms with Crippen molar-refractivity contribution in [3.63, 3.8) is 0 Å². The van der Waals surface area contributed by atoms with Crippen molar-refractivity contribution < 1.29 is 4.79 Å². The molecule has 6 heteroatoms. The van der Waals surface area contributed by atoms with Crippen LogP contribution in [0.2, 0.25) is 0 Å². The maximum absolute atomic E-state index is 12.3. The lowest BCUT2D eigenvalue weighted by atomic mass is 9.92. The fraction of sp³-hybridized carbons (Fsp3) is 0.714. The summed E-state index contributed by atoms with van der Waals surface area (Å²) >= 11 is 0. The standard InChI is InChI=1S/C14H23N5O/c1-4-10-11(5-2)18-19-14(16-10)17-13(20)12-9(3)7-6-8-15-12/h9,12,15H,4-8H2,1-3H3,(H,16,17,19,20). The molecule has 1 saturated heterocycles. The van der Waals surface area contributed by atoms with Gasteiger partial charge in [0.1, 0.15) is 0 Å². The fourth-order valence-corrected chi connectivity index (χ4v) is 2.58. The molecule has 0 bridgehead atoms. The monoisotopic (exact) mass is 277 g/mol. The second kappa shape index (κ2) is 6.74. The maximum atomic E-state index is 12.3. The summed E-state index contributed by atoms with van der Waals surface area (Å²) in [6.45, 7) is 7.03. The third kappa shape index (κ3) is 3.30.